The van der Waals surface area contributed by atoms with Crippen LogP contribution in [0.5, 0.6) is 0 Å². The van der Waals surface area contributed by atoms with E-state index in [-0.39, 0.29) is 21.7 Å². The van der Waals surface area contributed by atoms with E-state index >= 15 is 0 Å². The molecular formula is C30H44Ti+2. The first kappa shape index (κ1) is 29.6. The maximum absolute atomic E-state index is 2.32. The number of hydrogen-bond donors (Lipinski definition) is 0. The molecule has 0 aliphatic heterocycles. The minimum Gasteiger partial charge on any atom is -0.0801 e. The Morgan fingerprint density at radius 2 is 1.03 bits per heavy atom. The molecule has 0 bridgehead atoms. The van der Waals surface area contributed by atoms with Crippen molar-refractivity contribution in [2.45, 2.75) is 85.0 Å². The molecule has 31 heavy (non-hydrogen) atoms. The number of benzene rings is 2. The molecule has 2 aromatic carbocycles. The fraction of sp³-hybridized carbons (Fsp3) is 0.467. The van der Waals surface area contributed by atoms with Crippen molar-refractivity contribution in [1.82, 2.24) is 0 Å². The third-order valence-electron chi connectivity index (χ3n) is 5.16. The van der Waals surface area contributed by atoms with Crippen LogP contribution in [-0.4, -0.2) is 0 Å². The molecule has 0 aliphatic carbocycles. The third kappa shape index (κ3) is 19.1. The molecular weight excluding hydrogens is 408 g/mol. The van der Waals surface area contributed by atoms with Gasteiger partial charge in [0.1, 0.15) is 0 Å². The maximum Gasteiger partial charge on any atom is 2.00 e. The van der Waals surface area contributed by atoms with Gasteiger partial charge in [-0.1, -0.05) is 157 Å². The minimum absolute atomic E-state index is 0. The van der Waals surface area contributed by atoms with E-state index in [0.29, 0.717) is 0 Å². The summed E-state index contributed by atoms with van der Waals surface area (Å²) in [6.07, 6.45) is 22.1. The minimum atomic E-state index is 0. The zero-order valence-electron chi connectivity index (χ0n) is 20.2. The summed E-state index contributed by atoms with van der Waals surface area (Å²) in [6, 6.07) is 21.0. The van der Waals surface area contributed by atoms with Gasteiger partial charge in [0.15, 0.2) is 0 Å². The predicted octanol–water partition coefficient (Wildman–Crippen LogP) is 9.36. The molecule has 0 N–H and O–H groups in total. The summed E-state index contributed by atoms with van der Waals surface area (Å²) in [5, 5.41) is 0. The van der Waals surface area contributed by atoms with Gasteiger partial charge in [0, 0.05) is 0 Å². The smallest absolute Gasteiger partial charge is 0.0801 e. The molecule has 0 spiro atoms. The van der Waals surface area contributed by atoms with E-state index < -0.39 is 0 Å². The maximum atomic E-state index is 2.32. The van der Waals surface area contributed by atoms with Crippen LogP contribution in [0.3, 0.4) is 0 Å². The van der Waals surface area contributed by atoms with Gasteiger partial charge in [-0.3, -0.25) is 0 Å². The Morgan fingerprint density at radius 3 is 1.45 bits per heavy atom. The van der Waals surface area contributed by atoms with E-state index in [0.717, 1.165) is 18.8 Å². The average molecular weight is 453 g/mol. The van der Waals surface area contributed by atoms with Gasteiger partial charge in [0.25, 0.3) is 0 Å². The fourth-order valence-corrected chi connectivity index (χ4v) is 3.30. The first-order valence-electron chi connectivity index (χ1n) is 12.1. The molecule has 0 radical (unpaired) electrons. The van der Waals surface area contributed by atoms with Crippen LogP contribution < -0.4 is 0 Å². The summed E-state index contributed by atoms with van der Waals surface area (Å²) in [7, 11) is 0. The standard InChI is InChI=1S/C18H18.C12H26.Ti/c1(5-11-17-13-7-3-8-14-17)2-6-12-18-15-9-4-10-16-18;1-4-5-6-7-8-9-10-11-12(2)3;/h1-10,13-16H,11-12H2;12H,4-11H2,1-3H3;/q;;+2. The van der Waals surface area contributed by atoms with Gasteiger partial charge in [-0.15, -0.1) is 0 Å². The average Bonchev–Trinajstić information content (AvgIpc) is 2.77. The topological polar surface area (TPSA) is 0 Å². The van der Waals surface area contributed by atoms with Crippen LogP contribution in [0.2, 0.25) is 0 Å². The first-order valence-corrected chi connectivity index (χ1v) is 12.1. The predicted molar refractivity (Wildman–Crippen MR) is 136 cm³/mol. The van der Waals surface area contributed by atoms with Crippen molar-refractivity contribution in [3.63, 3.8) is 0 Å². The molecule has 2 rings (SSSR count). The SMILES string of the molecule is C(C=CCc1ccccc1)=CCc1ccccc1.CCCCCCCCCC(C)C.[Ti+2]. The van der Waals surface area contributed by atoms with Crippen molar-refractivity contribution < 1.29 is 21.7 Å². The number of rotatable bonds is 13. The Hall–Kier alpha value is -1.37. The summed E-state index contributed by atoms with van der Waals surface area (Å²) < 4.78 is 0. The van der Waals surface area contributed by atoms with Crippen molar-refractivity contribution in [2.24, 2.45) is 5.92 Å². The van der Waals surface area contributed by atoms with Gasteiger partial charge >= 0.3 is 21.7 Å². The van der Waals surface area contributed by atoms with E-state index in [2.05, 4.69) is 93.6 Å². The third-order valence-corrected chi connectivity index (χ3v) is 5.16. The molecule has 0 aliphatic rings. The first-order chi connectivity index (χ1) is 14.7. The molecule has 1 heteroatoms. The number of unbranched alkanes of at least 4 members (excludes halogenated alkanes) is 6. The molecule has 0 amide bonds. The Balaban J connectivity index is 0.000000612. The van der Waals surface area contributed by atoms with Gasteiger partial charge in [-0.2, -0.15) is 0 Å². The van der Waals surface area contributed by atoms with Crippen molar-refractivity contribution in [2.75, 3.05) is 0 Å². The molecule has 166 valence electrons. The largest absolute Gasteiger partial charge is 2.00 e. The monoisotopic (exact) mass is 452 g/mol. The van der Waals surface area contributed by atoms with Gasteiger partial charge in [-0.25, -0.2) is 0 Å². The summed E-state index contributed by atoms with van der Waals surface area (Å²) in [4.78, 5) is 0. The van der Waals surface area contributed by atoms with Crippen molar-refractivity contribution in [3.8, 4) is 0 Å². The van der Waals surface area contributed by atoms with Gasteiger partial charge in [0.05, 0.1) is 0 Å². The van der Waals surface area contributed by atoms with E-state index in [9.17, 15) is 0 Å². The molecule has 0 saturated carbocycles. The van der Waals surface area contributed by atoms with Gasteiger partial charge in [0.2, 0.25) is 0 Å². The van der Waals surface area contributed by atoms with Crippen LogP contribution in [0.15, 0.2) is 85.0 Å². The molecule has 2 aromatic rings. The second-order valence-corrected chi connectivity index (χ2v) is 8.54. The summed E-state index contributed by atoms with van der Waals surface area (Å²) in [6.45, 7) is 6.91. The second-order valence-electron chi connectivity index (χ2n) is 8.54. The van der Waals surface area contributed by atoms with Gasteiger partial charge in [-0.05, 0) is 29.9 Å². The van der Waals surface area contributed by atoms with Gasteiger partial charge < -0.3 is 0 Å². The van der Waals surface area contributed by atoms with E-state index in [1.807, 2.05) is 12.1 Å². The molecule has 0 fully saturated rings. The van der Waals surface area contributed by atoms with Crippen LogP contribution >= 0.6 is 0 Å². The molecule has 0 unspecified atom stereocenters. The zero-order valence-corrected chi connectivity index (χ0v) is 21.8. The van der Waals surface area contributed by atoms with Crippen molar-refractivity contribution in [1.29, 1.82) is 0 Å². The Bertz CT molecular complexity index is 606. The van der Waals surface area contributed by atoms with E-state index in [4.69, 9.17) is 0 Å². The summed E-state index contributed by atoms with van der Waals surface area (Å²) in [5.74, 6) is 0.903. The Kier molecular flexibility index (Phi) is 20.9. The quantitative estimate of drug-likeness (QED) is 0.161. The van der Waals surface area contributed by atoms with Crippen LogP contribution in [0.1, 0.15) is 83.3 Å². The molecule has 0 aromatic heterocycles. The molecule has 0 saturated heterocycles. The van der Waals surface area contributed by atoms with E-state index in [1.54, 1.807) is 0 Å². The van der Waals surface area contributed by atoms with Crippen molar-refractivity contribution in [3.05, 3.63) is 96.1 Å². The fourth-order valence-electron chi connectivity index (χ4n) is 3.30. The molecule has 0 atom stereocenters. The zero-order chi connectivity index (χ0) is 21.7. The number of hydrogen-bond acceptors (Lipinski definition) is 0. The molecule has 0 nitrogen and oxygen atoms in total. The van der Waals surface area contributed by atoms with Crippen LogP contribution in [-0.2, 0) is 34.6 Å². The summed E-state index contributed by atoms with van der Waals surface area (Å²) >= 11 is 0. The van der Waals surface area contributed by atoms with Crippen LogP contribution in [0, 0.1) is 5.92 Å². The Labute approximate surface area is 208 Å². The van der Waals surface area contributed by atoms with Crippen LogP contribution in [0.25, 0.3) is 0 Å². The second kappa shape index (κ2) is 21.9. The van der Waals surface area contributed by atoms with Crippen LogP contribution in [0.4, 0.5) is 0 Å². The Morgan fingerprint density at radius 1 is 0.613 bits per heavy atom. The summed E-state index contributed by atoms with van der Waals surface area (Å²) in [5.41, 5.74) is 2.70. The van der Waals surface area contributed by atoms with E-state index in [1.165, 1.54) is 62.5 Å². The molecule has 0 heterocycles. The normalized spacial score (nSPS) is 10.8. The number of allylic oxidation sites excluding steroid dienone is 4. The van der Waals surface area contributed by atoms with Crippen molar-refractivity contribution >= 4 is 0 Å².